The summed E-state index contributed by atoms with van der Waals surface area (Å²) in [5.74, 6) is 3.46. The highest BCUT2D eigenvalue weighted by Gasteiger charge is 2.43. The van der Waals surface area contributed by atoms with E-state index in [-0.39, 0.29) is 35.5 Å². The van der Waals surface area contributed by atoms with Gasteiger partial charge in [0.25, 0.3) is 6.01 Å². The number of para-hydroxylation sites is 5. The average molecular weight is 1260 g/mol. The molecule has 438 valence electrons. The Morgan fingerprint density at radius 2 is 1.08 bits per heavy atom. The van der Waals surface area contributed by atoms with E-state index < -0.39 is 0 Å². The van der Waals surface area contributed by atoms with E-state index in [9.17, 15) is 4.79 Å². The number of imidazole rings is 2. The Labute approximate surface area is 516 Å². The van der Waals surface area contributed by atoms with Crippen molar-refractivity contribution in [2.24, 2.45) is 5.92 Å². The molecule has 12 rings (SSSR count). The first-order valence-electron chi connectivity index (χ1n) is 26.7. The second-order valence-electron chi connectivity index (χ2n) is 19.1. The number of H-pyrrole nitrogens is 2. The van der Waals surface area contributed by atoms with Gasteiger partial charge in [0.2, 0.25) is 23.8 Å². The molecule has 1 saturated carbocycles. The maximum Gasteiger partial charge on any atom is 0.294 e. The topological polar surface area (TPSA) is 279 Å². The van der Waals surface area contributed by atoms with Crippen molar-refractivity contribution >= 4 is 138 Å². The number of halogens is 3. The molecule has 21 nitrogen and oxygen atoms in total. The predicted molar refractivity (Wildman–Crippen MR) is 341 cm³/mol. The molecule has 85 heavy (non-hydrogen) atoms. The minimum Gasteiger partial charge on any atom is -0.464 e. The third kappa shape index (κ3) is 17.9. The molecule has 11 aromatic rings. The molecule has 1 aliphatic rings. The Balaban J connectivity index is 0.000000142. The predicted octanol–water partition coefficient (Wildman–Crippen LogP) is 11.4. The van der Waals surface area contributed by atoms with Crippen LogP contribution in [0.2, 0.25) is 15.5 Å². The minimum atomic E-state index is -0.203. The number of carbonyl (C=O) groups is 1. The number of hydrogen-bond acceptors (Lipinski definition) is 21. The van der Waals surface area contributed by atoms with Crippen LogP contribution in [0.1, 0.15) is 26.9 Å². The van der Waals surface area contributed by atoms with Crippen LogP contribution in [0.15, 0.2) is 150 Å². The molecule has 9 N–H and O–H groups in total. The third-order valence-corrected chi connectivity index (χ3v) is 16.0. The number of hydrogen-bond donors (Lipinski definition) is 6. The lowest BCUT2D eigenvalue weighted by molar-refractivity contribution is -0.120. The minimum absolute atomic E-state index is 0.0333. The zero-order valence-electron chi connectivity index (χ0n) is 45.5. The highest BCUT2D eigenvalue weighted by atomic mass is 35.5. The Bertz CT molecular complexity index is 3740. The van der Waals surface area contributed by atoms with Crippen LogP contribution in [0, 0.1) is 5.92 Å². The monoisotopic (exact) mass is 1260 g/mol. The van der Waals surface area contributed by atoms with Gasteiger partial charge in [-0.1, -0.05) is 95.5 Å². The number of benzene rings is 3. The highest BCUT2D eigenvalue weighted by Crippen LogP contribution is 2.40. The smallest absolute Gasteiger partial charge is 0.294 e. The molecule has 3 aromatic carbocycles. The Morgan fingerprint density at radius 3 is 1.62 bits per heavy atom. The number of aromatic amines is 2. The molecular weight excluding hydrogens is 1200 g/mol. The third-order valence-electron chi connectivity index (χ3n) is 12.9. The van der Waals surface area contributed by atoms with E-state index >= 15 is 0 Å². The maximum atomic E-state index is 12.0. The SMILES string of the molecule is Nc1nc(Cl)cc(N(CCOCC(=O)Nc2ccccc2)Cc2cccs2)n1.Nc1nc(Cl)cc(N(CCOCc2nc3ccccc3[nH]2)Cc2cccs2)n1.Nc1nc(Cl)cc(N(Cc2cccs2)C2C[C@H]2COc2nc3ccccc3[nH]2)n1. The van der Waals surface area contributed by atoms with Crippen molar-refractivity contribution in [1.82, 2.24) is 49.8 Å². The summed E-state index contributed by atoms with van der Waals surface area (Å²) in [7, 11) is 0. The van der Waals surface area contributed by atoms with Gasteiger partial charge < -0.3 is 61.4 Å². The molecule has 2 atom stereocenters. The summed E-state index contributed by atoms with van der Waals surface area (Å²) in [6.45, 7) is 5.02. The fraction of sp³-hybridized carbons (Fsp3) is 0.224. The second kappa shape index (κ2) is 29.6. The molecule has 0 aliphatic heterocycles. The van der Waals surface area contributed by atoms with Crippen LogP contribution in [-0.2, 0) is 40.5 Å². The van der Waals surface area contributed by atoms with Gasteiger partial charge in [-0.25, -0.2) is 19.9 Å². The van der Waals surface area contributed by atoms with Crippen LogP contribution < -0.4 is 42.0 Å². The van der Waals surface area contributed by atoms with Crippen molar-refractivity contribution in [1.29, 1.82) is 0 Å². The van der Waals surface area contributed by atoms with Crippen molar-refractivity contribution in [2.45, 2.75) is 38.7 Å². The number of ether oxygens (including phenoxy) is 3. The molecule has 1 fully saturated rings. The van der Waals surface area contributed by atoms with Gasteiger partial charge in [-0.3, -0.25) is 4.79 Å². The molecule has 1 amide bonds. The quantitative estimate of drug-likeness (QED) is 0.0242. The van der Waals surface area contributed by atoms with E-state index in [0.717, 1.165) is 57.2 Å². The number of nitrogen functional groups attached to an aromatic ring is 3. The van der Waals surface area contributed by atoms with E-state index in [0.29, 0.717) is 92.5 Å². The number of nitrogens with two attached hydrogens (primary N) is 3. The summed E-state index contributed by atoms with van der Waals surface area (Å²) in [4.78, 5) is 62.2. The van der Waals surface area contributed by atoms with Crippen molar-refractivity contribution in [2.75, 3.05) is 76.7 Å². The first kappa shape index (κ1) is 59.9. The van der Waals surface area contributed by atoms with Crippen LogP contribution in [0.5, 0.6) is 6.01 Å². The number of aromatic nitrogens is 10. The van der Waals surface area contributed by atoms with Crippen molar-refractivity contribution < 1.29 is 19.0 Å². The van der Waals surface area contributed by atoms with Gasteiger partial charge >= 0.3 is 0 Å². The lowest BCUT2D eigenvalue weighted by Gasteiger charge is -2.24. The fourth-order valence-electron chi connectivity index (χ4n) is 8.86. The van der Waals surface area contributed by atoms with E-state index in [2.05, 4.69) is 88.5 Å². The van der Waals surface area contributed by atoms with Crippen LogP contribution in [0.4, 0.5) is 41.0 Å². The highest BCUT2D eigenvalue weighted by molar-refractivity contribution is 7.10. The molecule has 0 spiro atoms. The summed E-state index contributed by atoms with van der Waals surface area (Å²) in [6, 6.07) is 43.4. The molecule has 8 heterocycles. The molecule has 1 unspecified atom stereocenters. The first-order valence-corrected chi connectivity index (χ1v) is 30.5. The van der Waals surface area contributed by atoms with Crippen LogP contribution >= 0.6 is 68.8 Å². The molecule has 8 aromatic heterocycles. The van der Waals surface area contributed by atoms with Gasteiger partial charge in [0.1, 0.15) is 52.0 Å². The summed E-state index contributed by atoms with van der Waals surface area (Å²) < 4.78 is 17.3. The van der Waals surface area contributed by atoms with Crippen LogP contribution in [-0.4, -0.2) is 101 Å². The molecule has 0 radical (unpaired) electrons. The molecule has 0 saturated heterocycles. The average Bonchev–Trinajstić information content (AvgIpc) is 4.17. The number of nitrogens with one attached hydrogen (secondary N) is 3. The number of fused-ring (bicyclic) bond motifs is 2. The normalized spacial score (nSPS) is 13.4. The zero-order chi connectivity index (χ0) is 58.9. The Kier molecular flexibility index (Phi) is 20.8. The summed E-state index contributed by atoms with van der Waals surface area (Å²) in [5.41, 5.74) is 21.9. The van der Waals surface area contributed by atoms with Gasteiger partial charge in [-0.15, -0.1) is 34.0 Å². The number of anilines is 7. The van der Waals surface area contributed by atoms with E-state index in [1.165, 1.54) is 9.75 Å². The number of amides is 1. The van der Waals surface area contributed by atoms with Gasteiger partial charge in [0, 0.05) is 63.6 Å². The number of rotatable bonds is 24. The summed E-state index contributed by atoms with van der Waals surface area (Å²) >= 11 is 23.2. The van der Waals surface area contributed by atoms with Crippen LogP contribution in [0.25, 0.3) is 22.1 Å². The van der Waals surface area contributed by atoms with Crippen molar-refractivity contribution in [3.8, 4) is 6.01 Å². The van der Waals surface area contributed by atoms with Crippen molar-refractivity contribution in [3.63, 3.8) is 0 Å². The summed E-state index contributed by atoms with van der Waals surface area (Å²) in [6.07, 6.45) is 1.01. The van der Waals surface area contributed by atoms with E-state index in [1.54, 1.807) is 52.2 Å². The second-order valence-corrected chi connectivity index (χ2v) is 23.3. The lowest BCUT2D eigenvalue weighted by Crippen LogP contribution is -2.29. The molecular formula is C58H58Cl3N17O4S3. The van der Waals surface area contributed by atoms with Gasteiger partial charge in [0.05, 0.1) is 61.5 Å². The Morgan fingerprint density at radius 1 is 0.576 bits per heavy atom. The first-order chi connectivity index (χ1) is 41.4. The number of nitrogens with zero attached hydrogens (tertiary/aromatic N) is 11. The fourth-order valence-corrected chi connectivity index (χ4v) is 11.6. The molecule has 1 aliphatic carbocycles. The maximum absolute atomic E-state index is 12.0. The summed E-state index contributed by atoms with van der Waals surface area (Å²) in [5, 5.41) is 9.86. The number of thiophene rings is 3. The standard InChI is InChI=1S/C20H19ClN6OS.C19H19ClN6OS.C19H20ClN5O2S/c21-17-9-18(26-19(22)25-17)27(10-13-4-3-7-29-13)16-8-12(16)11-28-20-23-14-5-1-2-6-15(14)24-20;20-16-10-18(25-19(21)24-16)26(11-13-4-3-9-28-13)7-8-27-12-17-22-14-5-1-2-6-15(14)23-17;20-16-11-17(24-19(21)23-16)25(12-15-7-4-10-28-15)8-9-27-13-18(26)22-14-5-2-1-3-6-14/h1-7,9,12,16H,8,10-11H2,(H,23,24)(H2,22,25,26);1-6,9-10H,7-8,11-12H2,(H,22,23)(H2,21,24,25);1-7,10-11H,8-9,12-13H2,(H,22,26)(H2,21,23,24)/t12-,16?;;/m0../s1. The lowest BCUT2D eigenvalue weighted by atomic mass is 10.3. The Hall–Kier alpha value is -8.20. The molecule has 0 bridgehead atoms. The zero-order valence-corrected chi connectivity index (χ0v) is 50.2. The van der Waals surface area contributed by atoms with E-state index in [4.69, 9.17) is 66.2 Å². The molecule has 27 heteroatoms. The number of carbonyl (C=O) groups excluding carboxylic acids is 1. The van der Waals surface area contributed by atoms with Gasteiger partial charge in [-0.2, -0.15) is 19.9 Å². The van der Waals surface area contributed by atoms with Gasteiger partial charge in [0.15, 0.2) is 0 Å². The van der Waals surface area contributed by atoms with E-state index in [1.807, 2.05) is 113 Å². The van der Waals surface area contributed by atoms with Crippen LogP contribution in [0.3, 0.4) is 0 Å². The largest absolute Gasteiger partial charge is 0.464 e. The van der Waals surface area contributed by atoms with Gasteiger partial charge in [-0.05, 0) is 77.2 Å². The van der Waals surface area contributed by atoms with Crippen molar-refractivity contribution in [3.05, 3.63) is 186 Å².